The number of esters is 5. The average molecular weight is 1060 g/mol. The number of rotatable bonds is 54. The van der Waals surface area contributed by atoms with Gasteiger partial charge in [0, 0.05) is 45.2 Å². The van der Waals surface area contributed by atoms with Gasteiger partial charge in [0.25, 0.3) is 0 Å². The highest BCUT2D eigenvalue weighted by molar-refractivity contribution is 5.72. The lowest BCUT2D eigenvalue weighted by Crippen LogP contribution is -2.35. The Morgan fingerprint density at radius 2 is 0.787 bits per heavy atom. The van der Waals surface area contributed by atoms with E-state index in [4.69, 9.17) is 28.4 Å². The van der Waals surface area contributed by atoms with Gasteiger partial charge in [-0.1, -0.05) is 187 Å². The van der Waals surface area contributed by atoms with Crippen LogP contribution < -0.4 is 5.32 Å². The largest absolute Gasteiger partial charge is 0.462 e. The number of nitrogens with one attached hydrogen (secondary N) is 1. The fourth-order valence-corrected chi connectivity index (χ4v) is 8.29. The Kier molecular flexibility index (Phi) is 52.0. The predicted molar refractivity (Wildman–Crippen MR) is 301 cm³/mol. The van der Waals surface area contributed by atoms with Crippen LogP contribution in [0.1, 0.15) is 265 Å². The average Bonchev–Trinajstić information content (AvgIpc) is 3.39. The van der Waals surface area contributed by atoms with Crippen molar-refractivity contribution in [2.45, 2.75) is 277 Å². The molecule has 0 aromatic heterocycles. The standard InChI is InChI=1S/C61H110N2O12/c1-6-10-13-16-19-20-21-22-27-34-41-54(75-61(69)62-48-49-63(5)9-4)46-47-60(68)74-55(52-72-58(66)44-37-30-25-28-35-42-56(64)70-50-39-32-23-17-14-11-7-2)53-73-59(67)45-38-31-26-29-36-43-57(65)71-51-40-33-24-18-15-12-8-3/h32-33,39-40,54-55H,6-31,34-38,41-53H2,1-5H3,(H,62,69)/b39-32-,40-33-. The molecule has 1 amide bonds. The van der Waals surface area contributed by atoms with Crippen molar-refractivity contribution >= 4 is 35.9 Å². The topological polar surface area (TPSA) is 173 Å². The SMILES string of the molecule is CCCCCC/C=C\COC(=O)CCCCCCCC(=O)OCC(COC(=O)CCCCCCCC(=O)OC/C=C\CCCCCC)OC(=O)CCC(CCCCCCCCCCCC)OC(=O)NCCN(C)CC. The number of likely N-dealkylation sites (N-methyl/N-ethyl adjacent to an activating group) is 1. The molecule has 0 aliphatic carbocycles. The molecule has 0 bridgehead atoms. The summed E-state index contributed by atoms with van der Waals surface area (Å²) in [5.74, 6) is -1.84. The van der Waals surface area contributed by atoms with Crippen LogP contribution in [0.25, 0.3) is 0 Å². The van der Waals surface area contributed by atoms with E-state index in [1.807, 2.05) is 26.1 Å². The number of alkyl carbamates (subject to hydrolysis) is 1. The highest BCUT2D eigenvalue weighted by Crippen LogP contribution is 2.18. The first-order valence-electron chi connectivity index (χ1n) is 30.3. The zero-order valence-corrected chi connectivity index (χ0v) is 48.4. The van der Waals surface area contributed by atoms with Gasteiger partial charge in [-0.2, -0.15) is 0 Å². The fraction of sp³-hybridized carbons (Fsp3) is 0.836. The Morgan fingerprint density at radius 1 is 0.400 bits per heavy atom. The van der Waals surface area contributed by atoms with Gasteiger partial charge in [0.2, 0.25) is 0 Å². The second kappa shape index (κ2) is 54.8. The van der Waals surface area contributed by atoms with Crippen molar-refractivity contribution in [2.75, 3.05) is 53.1 Å². The molecule has 0 heterocycles. The summed E-state index contributed by atoms with van der Waals surface area (Å²) >= 11 is 0. The van der Waals surface area contributed by atoms with Gasteiger partial charge in [0.15, 0.2) is 6.10 Å². The maximum atomic E-state index is 13.3. The van der Waals surface area contributed by atoms with Gasteiger partial charge in [-0.25, -0.2) is 4.79 Å². The van der Waals surface area contributed by atoms with Crippen LogP contribution in [-0.4, -0.2) is 106 Å². The molecule has 436 valence electrons. The summed E-state index contributed by atoms with van der Waals surface area (Å²) in [4.78, 5) is 78.1. The second-order valence-corrected chi connectivity index (χ2v) is 20.4. The van der Waals surface area contributed by atoms with Crippen LogP contribution >= 0.6 is 0 Å². The van der Waals surface area contributed by atoms with Crippen molar-refractivity contribution in [3.05, 3.63) is 24.3 Å². The lowest BCUT2D eigenvalue weighted by atomic mass is 10.0. The maximum Gasteiger partial charge on any atom is 0.407 e. The van der Waals surface area contributed by atoms with Gasteiger partial charge in [0.05, 0.1) is 0 Å². The molecule has 0 aliphatic heterocycles. The molecule has 0 saturated carbocycles. The van der Waals surface area contributed by atoms with Crippen LogP contribution in [0.15, 0.2) is 24.3 Å². The smallest absolute Gasteiger partial charge is 0.407 e. The number of carbonyl (C=O) groups is 6. The molecule has 1 unspecified atom stereocenters. The number of hydrogen-bond donors (Lipinski definition) is 1. The van der Waals surface area contributed by atoms with Crippen LogP contribution in [0.3, 0.4) is 0 Å². The lowest BCUT2D eigenvalue weighted by molar-refractivity contribution is -0.167. The molecule has 0 aliphatic rings. The third kappa shape index (κ3) is 51.9. The van der Waals surface area contributed by atoms with E-state index in [9.17, 15) is 28.8 Å². The number of nitrogens with zero attached hydrogens (tertiary/aromatic N) is 1. The Morgan fingerprint density at radius 3 is 1.21 bits per heavy atom. The lowest BCUT2D eigenvalue weighted by Gasteiger charge is -2.21. The number of ether oxygens (including phenoxy) is 6. The number of hydrogen-bond acceptors (Lipinski definition) is 13. The summed E-state index contributed by atoms with van der Waals surface area (Å²) in [6.07, 6.45) is 39.1. The molecule has 0 spiro atoms. The van der Waals surface area contributed by atoms with E-state index in [1.54, 1.807) is 0 Å². The van der Waals surface area contributed by atoms with Gasteiger partial charge in [0.1, 0.15) is 32.5 Å². The summed E-state index contributed by atoms with van der Waals surface area (Å²) < 4.78 is 33.3. The molecule has 14 heteroatoms. The van der Waals surface area contributed by atoms with E-state index in [2.05, 4.69) is 43.1 Å². The maximum absolute atomic E-state index is 13.3. The minimum absolute atomic E-state index is 0.0331. The monoisotopic (exact) mass is 1060 g/mol. The second-order valence-electron chi connectivity index (χ2n) is 20.4. The Labute approximate surface area is 456 Å². The first kappa shape index (κ1) is 71.1. The van der Waals surface area contributed by atoms with E-state index >= 15 is 0 Å². The quantitative estimate of drug-likeness (QED) is 0.0264. The molecule has 14 nitrogen and oxygen atoms in total. The fourth-order valence-electron chi connectivity index (χ4n) is 8.29. The summed E-state index contributed by atoms with van der Waals surface area (Å²) in [5, 5.41) is 2.83. The molecule has 0 saturated heterocycles. The van der Waals surface area contributed by atoms with Crippen LogP contribution in [0.5, 0.6) is 0 Å². The molecule has 0 rings (SSSR count). The molecule has 1 N–H and O–H groups in total. The third-order valence-corrected chi connectivity index (χ3v) is 13.3. The van der Waals surface area contributed by atoms with Crippen molar-refractivity contribution in [3.8, 4) is 0 Å². The van der Waals surface area contributed by atoms with Gasteiger partial charge >= 0.3 is 35.9 Å². The van der Waals surface area contributed by atoms with Crippen LogP contribution in [0.2, 0.25) is 0 Å². The Bertz CT molecular complexity index is 1390. The minimum atomic E-state index is -1.01. The predicted octanol–water partition coefficient (Wildman–Crippen LogP) is 14.7. The first-order valence-corrected chi connectivity index (χ1v) is 30.3. The summed E-state index contributed by atoms with van der Waals surface area (Å²) in [6.45, 7) is 10.7. The molecular weight excluding hydrogens is 953 g/mol. The van der Waals surface area contributed by atoms with Crippen LogP contribution in [0, 0.1) is 0 Å². The molecular formula is C61H110N2O12. The zero-order valence-electron chi connectivity index (χ0n) is 48.4. The van der Waals surface area contributed by atoms with Crippen LogP contribution in [0.4, 0.5) is 4.79 Å². The molecule has 0 aromatic carbocycles. The summed E-state index contributed by atoms with van der Waals surface area (Å²) in [5.41, 5.74) is 0. The molecule has 0 fully saturated rings. The van der Waals surface area contributed by atoms with Crippen molar-refractivity contribution in [3.63, 3.8) is 0 Å². The Balaban J connectivity index is 5.10. The molecule has 0 aromatic rings. The van der Waals surface area contributed by atoms with E-state index in [1.165, 1.54) is 83.5 Å². The van der Waals surface area contributed by atoms with Crippen molar-refractivity contribution in [1.82, 2.24) is 10.2 Å². The normalized spacial score (nSPS) is 11.9. The highest BCUT2D eigenvalue weighted by atomic mass is 16.6. The Hall–Kier alpha value is -3.94. The van der Waals surface area contributed by atoms with Crippen molar-refractivity contribution < 1.29 is 57.2 Å². The van der Waals surface area contributed by atoms with Gasteiger partial charge in [-0.3, -0.25) is 24.0 Å². The van der Waals surface area contributed by atoms with Gasteiger partial charge in [-0.15, -0.1) is 0 Å². The highest BCUT2D eigenvalue weighted by Gasteiger charge is 2.22. The summed E-state index contributed by atoms with van der Waals surface area (Å²) in [7, 11) is 1.98. The molecule has 1 atom stereocenters. The minimum Gasteiger partial charge on any atom is -0.462 e. The number of unbranched alkanes of at least 4 members (excludes halogenated alkanes) is 25. The number of allylic oxidation sites excluding steroid dienone is 2. The van der Waals surface area contributed by atoms with E-state index < -0.39 is 36.2 Å². The van der Waals surface area contributed by atoms with Gasteiger partial charge in [-0.05, 0) is 84.2 Å². The van der Waals surface area contributed by atoms with E-state index in [0.29, 0.717) is 58.4 Å². The van der Waals surface area contributed by atoms with E-state index in [0.717, 1.165) is 103 Å². The van der Waals surface area contributed by atoms with Gasteiger partial charge < -0.3 is 38.6 Å². The number of carbonyl (C=O) groups excluding carboxylic acids is 6. The molecule has 0 radical (unpaired) electrons. The summed E-state index contributed by atoms with van der Waals surface area (Å²) in [6, 6.07) is 0. The van der Waals surface area contributed by atoms with Crippen molar-refractivity contribution in [2.24, 2.45) is 0 Å². The zero-order chi connectivity index (χ0) is 55.1. The van der Waals surface area contributed by atoms with E-state index in [-0.39, 0.29) is 50.8 Å². The molecule has 75 heavy (non-hydrogen) atoms. The van der Waals surface area contributed by atoms with Crippen molar-refractivity contribution in [1.29, 1.82) is 0 Å². The van der Waals surface area contributed by atoms with Crippen LogP contribution in [-0.2, 0) is 52.4 Å². The third-order valence-electron chi connectivity index (χ3n) is 13.3. The first-order chi connectivity index (χ1) is 36.5. The number of amides is 1.